The largest absolute Gasteiger partial charge is 0.465 e. The molecule has 0 saturated carbocycles. The van der Waals surface area contributed by atoms with Gasteiger partial charge in [-0.1, -0.05) is 0 Å². The highest BCUT2D eigenvalue weighted by Gasteiger charge is 2.05. The Labute approximate surface area is 99.4 Å². The van der Waals surface area contributed by atoms with Gasteiger partial charge in [0, 0.05) is 19.8 Å². The van der Waals surface area contributed by atoms with Crippen LogP contribution in [-0.4, -0.2) is 37.6 Å². The first kappa shape index (κ1) is 13.1. The molecule has 0 spiro atoms. The average Bonchev–Trinajstić information content (AvgIpc) is 2.38. The molecule has 2 N–H and O–H groups in total. The summed E-state index contributed by atoms with van der Waals surface area (Å²) in [7, 11) is 2.90. The molecule has 0 atom stereocenters. The van der Waals surface area contributed by atoms with Crippen LogP contribution >= 0.6 is 0 Å². The number of carbonyl (C=O) groups is 2. The standard InChI is InChI=1S/C11H15N3O3/c1-12-10(15)7-13-6-9-4-3-8(5-14-9)11(16)17-2/h3-5,13H,6-7H2,1-2H3,(H,12,15). The third-order valence-electron chi connectivity index (χ3n) is 2.12. The zero-order valence-electron chi connectivity index (χ0n) is 9.82. The molecule has 0 saturated heterocycles. The van der Waals surface area contributed by atoms with Crippen molar-refractivity contribution >= 4 is 11.9 Å². The molecule has 0 aromatic carbocycles. The number of amides is 1. The Balaban J connectivity index is 2.46. The number of likely N-dealkylation sites (N-methyl/N-ethyl adjacent to an activating group) is 1. The highest BCUT2D eigenvalue weighted by Crippen LogP contribution is 2.01. The Hall–Kier alpha value is -1.95. The Kier molecular flexibility index (Phi) is 5.09. The fourth-order valence-corrected chi connectivity index (χ4v) is 1.16. The molecule has 0 aliphatic rings. The number of nitrogens with zero attached hydrogens (tertiary/aromatic N) is 1. The summed E-state index contributed by atoms with van der Waals surface area (Å²) in [6.45, 7) is 0.700. The summed E-state index contributed by atoms with van der Waals surface area (Å²) >= 11 is 0. The van der Waals surface area contributed by atoms with Crippen molar-refractivity contribution in [1.82, 2.24) is 15.6 Å². The molecule has 6 heteroatoms. The van der Waals surface area contributed by atoms with Crippen molar-refractivity contribution in [2.75, 3.05) is 20.7 Å². The summed E-state index contributed by atoms with van der Waals surface area (Å²) in [5.74, 6) is -0.501. The second-order valence-electron chi connectivity index (χ2n) is 3.31. The predicted molar refractivity (Wildman–Crippen MR) is 61.3 cm³/mol. The normalized spacial score (nSPS) is 9.76. The minimum atomic E-state index is -0.414. The number of nitrogens with one attached hydrogen (secondary N) is 2. The van der Waals surface area contributed by atoms with Gasteiger partial charge in [0.2, 0.25) is 5.91 Å². The number of hydrogen-bond acceptors (Lipinski definition) is 5. The van der Waals surface area contributed by atoms with Gasteiger partial charge in [0.15, 0.2) is 0 Å². The maximum atomic E-state index is 11.1. The van der Waals surface area contributed by atoms with Crippen molar-refractivity contribution in [3.8, 4) is 0 Å². The molecule has 0 bridgehead atoms. The molecule has 1 aromatic heterocycles. The zero-order chi connectivity index (χ0) is 12.7. The van der Waals surface area contributed by atoms with Crippen LogP contribution in [0.3, 0.4) is 0 Å². The third kappa shape index (κ3) is 4.20. The Morgan fingerprint density at radius 2 is 2.18 bits per heavy atom. The molecule has 0 aliphatic carbocycles. The van der Waals surface area contributed by atoms with Crippen LogP contribution in [0.4, 0.5) is 0 Å². The zero-order valence-corrected chi connectivity index (χ0v) is 9.82. The van der Waals surface area contributed by atoms with Gasteiger partial charge in [0.25, 0.3) is 0 Å². The summed E-state index contributed by atoms with van der Waals surface area (Å²) in [5.41, 5.74) is 1.16. The Bertz CT molecular complexity index is 389. The van der Waals surface area contributed by atoms with Gasteiger partial charge in [0.05, 0.1) is 24.9 Å². The molecular weight excluding hydrogens is 222 g/mol. The lowest BCUT2D eigenvalue weighted by atomic mass is 10.2. The molecule has 92 valence electrons. The van der Waals surface area contributed by atoms with Crippen LogP contribution in [0.1, 0.15) is 16.1 Å². The van der Waals surface area contributed by atoms with E-state index in [0.717, 1.165) is 5.69 Å². The van der Waals surface area contributed by atoms with Gasteiger partial charge in [-0.15, -0.1) is 0 Å². The van der Waals surface area contributed by atoms with Gasteiger partial charge in [-0.25, -0.2) is 4.79 Å². The molecular formula is C11H15N3O3. The summed E-state index contributed by atoms with van der Waals surface area (Å²) in [6.07, 6.45) is 1.45. The predicted octanol–water partition coefficient (Wildman–Crippen LogP) is -0.296. The number of pyridine rings is 1. The molecule has 17 heavy (non-hydrogen) atoms. The van der Waals surface area contributed by atoms with Crippen molar-refractivity contribution in [3.05, 3.63) is 29.6 Å². The number of ether oxygens (including phenoxy) is 1. The maximum absolute atomic E-state index is 11.1. The Morgan fingerprint density at radius 1 is 1.41 bits per heavy atom. The van der Waals surface area contributed by atoms with Gasteiger partial charge in [-0.3, -0.25) is 9.78 Å². The smallest absolute Gasteiger partial charge is 0.339 e. The van der Waals surface area contributed by atoms with Gasteiger partial charge >= 0.3 is 5.97 Å². The lowest BCUT2D eigenvalue weighted by molar-refractivity contribution is -0.119. The van der Waals surface area contributed by atoms with E-state index >= 15 is 0 Å². The van der Waals surface area contributed by atoms with E-state index in [1.165, 1.54) is 13.3 Å². The van der Waals surface area contributed by atoms with E-state index in [1.807, 2.05) is 0 Å². The van der Waals surface area contributed by atoms with Crippen LogP contribution in [0.2, 0.25) is 0 Å². The topological polar surface area (TPSA) is 80.3 Å². The number of esters is 1. The summed E-state index contributed by atoms with van der Waals surface area (Å²) < 4.78 is 4.56. The van der Waals surface area contributed by atoms with Gasteiger partial charge in [-0.05, 0) is 12.1 Å². The molecule has 6 nitrogen and oxygen atoms in total. The molecule has 0 aliphatic heterocycles. The van der Waals surface area contributed by atoms with Gasteiger partial charge in [-0.2, -0.15) is 0 Å². The minimum absolute atomic E-state index is 0.0869. The number of methoxy groups -OCH3 is 1. The van der Waals surface area contributed by atoms with E-state index < -0.39 is 5.97 Å². The fourth-order valence-electron chi connectivity index (χ4n) is 1.16. The fraction of sp³-hybridized carbons (Fsp3) is 0.364. The van der Waals surface area contributed by atoms with Gasteiger partial charge in [0.1, 0.15) is 0 Å². The van der Waals surface area contributed by atoms with E-state index in [4.69, 9.17) is 0 Å². The SMILES string of the molecule is CNC(=O)CNCc1ccc(C(=O)OC)cn1. The van der Waals surface area contributed by atoms with E-state index in [9.17, 15) is 9.59 Å². The van der Waals surface area contributed by atoms with Crippen molar-refractivity contribution in [2.45, 2.75) is 6.54 Å². The number of rotatable bonds is 5. The first-order valence-electron chi connectivity index (χ1n) is 5.12. The van der Waals surface area contributed by atoms with Crippen molar-refractivity contribution in [1.29, 1.82) is 0 Å². The Morgan fingerprint density at radius 3 is 2.71 bits per heavy atom. The molecule has 1 amide bonds. The second kappa shape index (κ2) is 6.59. The monoisotopic (exact) mass is 237 g/mol. The maximum Gasteiger partial charge on any atom is 0.339 e. The number of hydrogen-bond donors (Lipinski definition) is 2. The second-order valence-corrected chi connectivity index (χ2v) is 3.31. The molecule has 1 heterocycles. The van der Waals surface area contributed by atoms with Crippen LogP contribution in [0.15, 0.2) is 18.3 Å². The molecule has 0 fully saturated rings. The van der Waals surface area contributed by atoms with E-state index in [2.05, 4.69) is 20.4 Å². The first-order chi connectivity index (χ1) is 8.17. The van der Waals surface area contributed by atoms with E-state index in [0.29, 0.717) is 12.1 Å². The van der Waals surface area contributed by atoms with Crippen LogP contribution in [0.5, 0.6) is 0 Å². The van der Waals surface area contributed by atoms with Crippen molar-refractivity contribution in [3.63, 3.8) is 0 Å². The van der Waals surface area contributed by atoms with Crippen LogP contribution < -0.4 is 10.6 Å². The number of aromatic nitrogens is 1. The van der Waals surface area contributed by atoms with E-state index in [1.54, 1.807) is 19.2 Å². The highest BCUT2D eigenvalue weighted by atomic mass is 16.5. The van der Waals surface area contributed by atoms with Crippen LogP contribution in [0.25, 0.3) is 0 Å². The lowest BCUT2D eigenvalue weighted by Crippen LogP contribution is -2.31. The van der Waals surface area contributed by atoms with E-state index in [-0.39, 0.29) is 12.5 Å². The van der Waals surface area contributed by atoms with Crippen molar-refractivity contribution in [2.24, 2.45) is 0 Å². The summed E-state index contributed by atoms with van der Waals surface area (Å²) in [6, 6.07) is 3.35. The molecule has 0 unspecified atom stereocenters. The average molecular weight is 237 g/mol. The quantitative estimate of drug-likeness (QED) is 0.687. The molecule has 1 aromatic rings. The third-order valence-corrected chi connectivity index (χ3v) is 2.12. The van der Waals surface area contributed by atoms with Gasteiger partial charge < -0.3 is 15.4 Å². The van der Waals surface area contributed by atoms with Crippen LogP contribution in [-0.2, 0) is 16.1 Å². The highest BCUT2D eigenvalue weighted by molar-refractivity contribution is 5.88. The van der Waals surface area contributed by atoms with Crippen molar-refractivity contribution < 1.29 is 14.3 Å². The number of carbonyl (C=O) groups excluding carboxylic acids is 2. The lowest BCUT2D eigenvalue weighted by Gasteiger charge is -2.04. The molecule has 1 rings (SSSR count). The summed E-state index contributed by atoms with van der Waals surface area (Å²) in [5, 5.41) is 5.42. The summed E-state index contributed by atoms with van der Waals surface area (Å²) in [4.78, 5) is 26.1. The minimum Gasteiger partial charge on any atom is -0.465 e. The molecule has 0 radical (unpaired) electrons. The van der Waals surface area contributed by atoms with Crippen LogP contribution in [0, 0.1) is 0 Å². The first-order valence-corrected chi connectivity index (χ1v) is 5.12.